The lowest BCUT2D eigenvalue weighted by molar-refractivity contribution is -0.123. The lowest BCUT2D eigenvalue weighted by atomic mass is 10.1. The topological polar surface area (TPSA) is 55.8 Å². The van der Waals surface area contributed by atoms with Gasteiger partial charge in [0.05, 0.1) is 18.1 Å². The molecule has 3 aromatic carbocycles. The van der Waals surface area contributed by atoms with E-state index in [9.17, 15) is 14.0 Å². The average molecular weight is 567 g/mol. The lowest BCUT2D eigenvalue weighted by Gasteiger charge is -2.14. The summed E-state index contributed by atoms with van der Waals surface area (Å²) in [7, 11) is 0. The number of hydrogen-bond donors (Lipinski definition) is 0. The van der Waals surface area contributed by atoms with Crippen molar-refractivity contribution in [3.8, 4) is 11.5 Å². The van der Waals surface area contributed by atoms with Crippen molar-refractivity contribution in [2.45, 2.75) is 20.1 Å². The Balaban J connectivity index is 1.53. The highest BCUT2D eigenvalue weighted by molar-refractivity contribution is 8.18. The molecule has 0 N–H and O–H groups in total. The zero-order valence-corrected chi connectivity index (χ0v) is 22.0. The summed E-state index contributed by atoms with van der Waals surface area (Å²) in [6, 6.07) is 14.5. The first-order valence-corrected chi connectivity index (χ1v) is 12.7. The van der Waals surface area contributed by atoms with Crippen LogP contribution in [0.5, 0.6) is 11.5 Å². The van der Waals surface area contributed by atoms with Gasteiger partial charge in [0.25, 0.3) is 11.1 Å². The van der Waals surface area contributed by atoms with Gasteiger partial charge < -0.3 is 9.47 Å². The van der Waals surface area contributed by atoms with E-state index in [1.807, 2.05) is 6.92 Å². The van der Waals surface area contributed by atoms with Crippen molar-refractivity contribution in [3.05, 3.63) is 97.1 Å². The van der Waals surface area contributed by atoms with Crippen LogP contribution in [0.1, 0.15) is 23.6 Å². The molecule has 186 valence electrons. The fraction of sp³-hybridized carbons (Fsp3) is 0.154. The van der Waals surface area contributed by atoms with E-state index in [1.54, 1.807) is 42.5 Å². The van der Waals surface area contributed by atoms with Crippen molar-refractivity contribution < 1.29 is 23.5 Å². The highest BCUT2D eigenvalue weighted by Crippen LogP contribution is 2.36. The quantitative estimate of drug-likeness (QED) is 0.259. The minimum absolute atomic E-state index is 0.0867. The first-order valence-electron chi connectivity index (χ1n) is 10.8. The molecule has 1 fully saturated rings. The summed E-state index contributed by atoms with van der Waals surface area (Å²) in [6.45, 7) is 2.18. The highest BCUT2D eigenvalue weighted by atomic mass is 35.5. The number of hydrogen-bond acceptors (Lipinski definition) is 5. The van der Waals surface area contributed by atoms with E-state index in [1.165, 1.54) is 18.2 Å². The lowest BCUT2D eigenvalue weighted by Crippen LogP contribution is -2.28. The Labute approximate surface area is 226 Å². The zero-order valence-electron chi connectivity index (χ0n) is 18.9. The van der Waals surface area contributed by atoms with Crippen LogP contribution in [0.4, 0.5) is 9.18 Å². The van der Waals surface area contributed by atoms with Gasteiger partial charge in [0.1, 0.15) is 12.4 Å². The summed E-state index contributed by atoms with van der Waals surface area (Å²) in [6.07, 6.45) is 1.58. The van der Waals surface area contributed by atoms with Crippen molar-refractivity contribution in [3.63, 3.8) is 0 Å². The van der Waals surface area contributed by atoms with Crippen molar-refractivity contribution >= 4 is 63.8 Å². The van der Waals surface area contributed by atoms with Gasteiger partial charge in [-0.3, -0.25) is 14.5 Å². The Morgan fingerprint density at radius 3 is 2.50 bits per heavy atom. The number of benzene rings is 3. The minimum atomic E-state index is -0.581. The molecule has 0 atom stereocenters. The SMILES string of the molecule is CCOc1cc(/C=C2/SC(=O)N(Cc3c(F)cccc3Cl)C2=O)ccc1OCc1ccc(Cl)cc1Cl. The second kappa shape index (κ2) is 11.6. The number of rotatable bonds is 8. The molecular weight excluding hydrogens is 548 g/mol. The Bertz CT molecular complexity index is 1340. The first kappa shape index (κ1) is 26.4. The van der Waals surface area contributed by atoms with E-state index < -0.39 is 17.0 Å². The smallest absolute Gasteiger partial charge is 0.293 e. The monoisotopic (exact) mass is 565 g/mol. The third-order valence-corrected chi connectivity index (χ3v) is 7.06. The second-order valence-electron chi connectivity index (χ2n) is 7.63. The molecule has 0 spiro atoms. The number of amides is 2. The number of carbonyl (C=O) groups excluding carboxylic acids is 2. The Morgan fingerprint density at radius 2 is 1.78 bits per heavy atom. The number of thioether (sulfide) groups is 1. The van der Waals surface area contributed by atoms with Crippen LogP contribution < -0.4 is 9.47 Å². The number of ether oxygens (including phenoxy) is 2. The molecule has 0 aliphatic carbocycles. The van der Waals surface area contributed by atoms with Crippen LogP contribution in [0.15, 0.2) is 59.5 Å². The van der Waals surface area contributed by atoms with Gasteiger partial charge in [0.2, 0.25) is 0 Å². The molecule has 1 saturated heterocycles. The maximum absolute atomic E-state index is 14.2. The van der Waals surface area contributed by atoms with E-state index in [0.29, 0.717) is 33.7 Å². The van der Waals surface area contributed by atoms with Crippen LogP contribution in [0.3, 0.4) is 0 Å². The van der Waals surface area contributed by atoms with Crippen LogP contribution in [-0.4, -0.2) is 22.7 Å². The third-order valence-electron chi connectivity index (χ3n) is 5.22. The molecule has 0 bridgehead atoms. The van der Waals surface area contributed by atoms with Crippen LogP contribution >= 0.6 is 46.6 Å². The summed E-state index contributed by atoms with van der Waals surface area (Å²) in [4.78, 5) is 26.6. The molecule has 36 heavy (non-hydrogen) atoms. The van der Waals surface area contributed by atoms with Crippen molar-refractivity contribution in [1.82, 2.24) is 4.90 Å². The van der Waals surface area contributed by atoms with Gasteiger partial charge in [-0.2, -0.15) is 0 Å². The van der Waals surface area contributed by atoms with Crippen molar-refractivity contribution in [2.24, 2.45) is 0 Å². The standard InChI is InChI=1S/C26H19Cl3FNO4S/c1-2-34-23-10-15(6-9-22(23)35-14-16-7-8-17(27)12-20(16)29)11-24-25(32)31(26(33)36-24)13-18-19(28)4-3-5-21(18)30/h3-12H,2,13-14H2,1H3/b24-11+. The molecule has 0 saturated carbocycles. The molecule has 4 rings (SSSR count). The number of carbonyl (C=O) groups is 2. The number of nitrogens with zero attached hydrogens (tertiary/aromatic N) is 1. The molecule has 5 nitrogen and oxygen atoms in total. The van der Waals surface area contributed by atoms with E-state index in [2.05, 4.69) is 0 Å². The van der Waals surface area contributed by atoms with Gasteiger partial charge >= 0.3 is 0 Å². The summed E-state index contributed by atoms with van der Waals surface area (Å²) in [5, 5.41) is 0.666. The summed E-state index contributed by atoms with van der Waals surface area (Å²) >= 11 is 19.0. The molecule has 1 heterocycles. The van der Waals surface area contributed by atoms with Crippen LogP contribution in [0.2, 0.25) is 15.1 Å². The molecular formula is C26H19Cl3FNO4S. The molecule has 1 aliphatic rings. The molecule has 0 unspecified atom stereocenters. The van der Waals surface area contributed by atoms with Crippen LogP contribution in [0, 0.1) is 5.82 Å². The predicted octanol–water partition coefficient (Wildman–Crippen LogP) is 8.00. The number of halogens is 4. The molecule has 0 aromatic heterocycles. The van der Waals surface area contributed by atoms with Gasteiger partial charge in [0, 0.05) is 26.2 Å². The van der Waals surface area contributed by atoms with E-state index in [4.69, 9.17) is 44.3 Å². The Morgan fingerprint density at radius 1 is 0.972 bits per heavy atom. The van der Waals surface area contributed by atoms with Crippen LogP contribution in [0.25, 0.3) is 6.08 Å². The van der Waals surface area contributed by atoms with E-state index in [-0.39, 0.29) is 28.6 Å². The number of imide groups is 1. The van der Waals surface area contributed by atoms with E-state index >= 15 is 0 Å². The third kappa shape index (κ3) is 5.98. The predicted molar refractivity (Wildman–Crippen MR) is 141 cm³/mol. The van der Waals surface area contributed by atoms with Crippen LogP contribution in [-0.2, 0) is 17.9 Å². The normalized spacial score (nSPS) is 14.6. The molecule has 2 amide bonds. The van der Waals surface area contributed by atoms with Gasteiger partial charge in [-0.1, -0.05) is 53.0 Å². The Hall–Kier alpha value is -2.71. The summed E-state index contributed by atoms with van der Waals surface area (Å²) in [5.41, 5.74) is 1.48. The van der Waals surface area contributed by atoms with Gasteiger partial charge in [-0.25, -0.2) is 4.39 Å². The Kier molecular flexibility index (Phi) is 8.46. The zero-order chi connectivity index (χ0) is 25.8. The van der Waals surface area contributed by atoms with Crippen molar-refractivity contribution in [2.75, 3.05) is 6.61 Å². The fourth-order valence-electron chi connectivity index (χ4n) is 3.43. The largest absolute Gasteiger partial charge is 0.490 e. The maximum atomic E-state index is 14.2. The molecule has 0 radical (unpaired) electrons. The van der Waals surface area contributed by atoms with Gasteiger partial charge in [-0.15, -0.1) is 0 Å². The molecule has 3 aromatic rings. The van der Waals surface area contributed by atoms with Crippen molar-refractivity contribution in [1.29, 1.82) is 0 Å². The average Bonchev–Trinajstić information content (AvgIpc) is 3.09. The molecule has 1 aliphatic heterocycles. The second-order valence-corrected chi connectivity index (χ2v) is 9.88. The van der Waals surface area contributed by atoms with Gasteiger partial charge in [0.15, 0.2) is 11.5 Å². The summed E-state index contributed by atoms with van der Waals surface area (Å²) in [5.74, 6) is -0.154. The molecule has 10 heteroatoms. The highest BCUT2D eigenvalue weighted by Gasteiger charge is 2.36. The van der Waals surface area contributed by atoms with Gasteiger partial charge in [-0.05, 0) is 66.7 Å². The first-order chi connectivity index (χ1) is 17.3. The minimum Gasteiger partial charge on any atom is -0.490 e. The van der Waals surface area contributed by atoms with E-state index in [0.717, 1.165) is 22.2 Å². The summed E-state index contributed by atoms with van der Waals surface area (Å²) < 4.78 is 25.8. The fourth-order valence-corrected chi connectivity index (χ4v) is 4.95. The maximum Gasteiger partial charge on any atom is 0.293 e.